The summed E-state index contributed by atoms with van der Waals surface area (Å²) in [6, 6.07) is 16.8. The topological polar surface area (TPSA) is 124 Å². The fourth-order valence-corrected chi connectivity index (χ4v) is 2.85. The number of alkyl halides is 3. The first-order valence-electron chi connectivity index (χ1n) is 9.06. The zero-order valence-electron chi connectivity index (χ0n) is 16.8. The van der Waals surface area contributed by atoms with Gasteiger partial charge in [-0.15, -0.1) is 12.4 Å². The highest BCUT2D eigenvalue weighted by Gasteiger charge is 2.33. The maximum Gasteiger partial charge on any atom is 0.417 e. The third-order valence-corrected chi connectivity index (χ3v) is 4.27. The Morgan fingerprint density at radius 1 is 0.848 bits per heavy atom. The minimum atomic E-state index is -4.58. The molecule has 33 heavy (non-hydrogen) atoms. The van der Waals surface area contributed by atoms with Crippen LogP contribution in [0.1, 0.15) is 5.56 Å². The van der Waals surface area contributed by atoms with Gasteiger partial charge in [0, 0.05) is 11.8 Å². The van der Waals surface area contributed by atoms with E-state index in [-0.39, 0.29) is 30.0 Å². The predicted molar refractivity (Wildman–Crippen MR) is 127 cm³/mol. The molecule has 0 saturated carbocycles. The largest absolute Gasteiger partial charge is 0.457 e. The van der Waals surface area contributed by atoms with Crippen LogP contribution < -0.4 is 27.3 Å². The molecule has 0 heterocycles. The molecule has 0 aliphatic carbocycles. The summed E-state index contributed by atoms with van der Waals surface area (Å²) in [7, 11) is 0. The van der Waals surface area contributed by atoms with E-state index in [0.29, 0.717) is 22.9 Å². The molecule has 0 radical (unpaired) electrons. The van der Waals surface area contributed by atoms with E-state index in [9.17, 15) is 13.2 Å². The fraction of sp³-hybridized carbons (Fsp3) is 0.0476. The molecule has 0 saturated heterocycles. The molecule has 3 aromatic carbocycles. The lowest BCUT2D eigenvalue weighted by Gasteiger charge is -2.12. The summed E-state index contributed by atoms with van der Waals surface area (Å²) < 4.78 is 44.7. The fourth-order valence-electron chi connectivity index (χ4n) is 2.63. The molecule has 0 fully saturated rings. The van der Waals surface area contributed by atoms with Crippen molar-refractivity contribution in [2.75, 3.05) is 5.32 Å². The number of halogens is 5. The Bertz CT molecular complexity index is 1160. The van der Waals surface area contributed by atoms with Crippen LogP contribution in [0.25, 0.3) is 0 Å². The quantitative estimate of drug-likeness (QED) is 0.271. The van der Waals surface area contributed by atoms with E-state index >= 15 is 0 Å². The van der Waals surface area contributed by atoms with Gasteiger partial charge in [0.1, 0.15) is 11.5 Å². The Hall–Kier alpha value is -3.63. The number of nitrogens with zero attached hydrogens (tertiary/aromatic N) is 2. The van der Waals surface area contributed by atoms with E-state index in [1.165, 1.54) is 6.07 Å². The Kier molecular flexibility index (Phi) is 8.38. The van der Waals surface area contributed by atoms with E-state index in [4.69, 9.17) is 33.5 Å². The summed E-state index contributed by atoms with van der Waals surface area (Å²) in [5.41, 5.74) is 16.7. The number of ether oxygens (including phenoxy) is 1. The van der Waals surface area contributed by atoms with Crippen molar-refractivity contribution in [1.82, 2.24) is 0 Å². The van der Waals surface area contributed by atoms with Crippen LogP contribution in [0.2, 0.25) is 5.02 Å². The number of benzene rings is 3. The van der Waals surface area contributed by atoms with Crippen molar-refractivity contribution in [1.29, 1.82) is 0 Å². The smallest absolute Gasteiger partial charge is 0.417 e. The second-order valence-electron chi connectivity index (χ2n) is 6.44. The average Bonchev–Trinajstić information content (AvgIpc) is 2.70. The molecule has 0 aliphatic rings. The number of guanidine groups is 2. The average molecular weight is 499 g/mol. The summed E-state index contributed by atoms with van der Waals surface area (Å²) in [4.78, 5) is 8.08. The number of anilines is 1. The molecule has 12 heteroatoms. The van der Waals surface area contributed by atoms with Gasteiger partial charge in [-0.25, -0.2) is 9.98 Å². The molecule has 0 atom stereocenters. The zero-order valence-corrected chi connectivity index (χ0v) is 18.4. The number of rotatable bonds is 5. The van der Waals surface area contributed by atoms with Crippen LogP contribution in [0.3, 0.4) is 0 Å². The number of aliphatic imine (C=N–C) groups is 2. The molecule has 174 valence electrons. The molecule has 0 aliphatic heterocycles. The Morgan fingerprint density at radius 2 is 1.55 bits per heavy atom. The molecule has 0 spiro atoms. The maximum absolute atomic E-state index is 13.0. The van der Waals surface area contributed by atoms with Crippen LogP contribution in [0.4, 0.5) is 30.2 Å². The second-order valence-corrected chi connectivity index (χ2v) is 6.85. The van der Waals surface area contributed by atoms with Gasteiger partial charge < -0.3 is 27.3 Å². The Balaban J connectivity index is 0.00000385. The van der Waals surface area contributed by atoms with Crippen LogP contribution in [0.5, 0.6) is 11.5 Å². The van der Waals surface area contributed by atoms with Crippen molar-refractivity contribution in [2.24, 2.45) is 27.2 Å². The summed E-state index contributed by atoms with van der Waals surface area (Å²) in [6.45, 7) is 0. The van der Waals surface area contributed by atoms with Crippen LogP contribution in [0.15, 0.2) is 76.7 Å². The first-order chi connectivity index (χ1) is 15.1. The zero-order chi connectivity index (χ0) is 23.3. The minimum absolute atomic E-state index is 0. The van der Waals surface area contributed by atoms with Gasteiger partial charge >= 0.3 is 6.18 Å². The first kappa shape index (κ1) is 25.6. The molecule has 0 aromatic heterocycles. The van der Waals surface area contributed by atoms with E-state index in [1.807, 2.05) is 0 Å². The van der Waals surface area contributed by atoms with Crippen molar-refractivity contribution >= 4 is 53.0 Å². The van der Waals surface area contributed by atoms with Crippen molar-refractivity contribution < 1.29 is 17.9 Å². The van der Waals surface area contributed by atoms with Crippen LogP contribution in [0, 0.1) is 0 Å². The molecule has 0 bridgehead atoms. The molecule has 3 aromatic rings. The number of nitrogens with two attached hydrogens (primary N) is 3. The van der Waals surface area contributed by atoms with Gasteiger partial charge in [-0.3, -0.25) is 0 Å². The van der Waals surface area contributed by atoms with Crippen molar-refractivity contribution in [3.05, 3.63) is 77.3 Å². The van der Waals surface area contributed by atoms with E-state index in [0.717, 1.165) is 12.1 Å². The number of hydrogen-bond acceptors (Lipinski definition) is 3. The lowest BCUT2D eigenvalue weighted by molar-refractivity contribution is -0.137. The minimum Gasteiger partial charge on any atom is -0.457 e. The summed E-state index contributed by atoms with van der Waals surface area (Å²) in [6.07, 6.45) is -4.58. The highest BCUT2D eigenvalue weighted by molar-refractivity contribution is 6.31. The highest BCUT2D eigenvalue weighted by atomic mass is 35.5. The lowest BCUT2D eigenvalue weighted by Crippen LogP contribution is -2.22. The van der Waals surface area contributed by atoms with Crippen molar-refractivity contribution in [3.8, 4) is 11.5 Å². The Morgan fingerprint density at radius 3 is 2.18 bits per heavy atom. The van der Waals surface area contributed by atoms with E-state index in [2.05, 4.69) is 15.3 Å². The van der Waals surface area contributed by atoms with Gasteiger partial charge in [-0.2, -0.15) is 13.2 Å². The molecule has 0 amide bonds. The van der Waals surface area contributed by atoms with Gasteiger partial charge in [-0.1, -0.05) is 17.7 Å². The van der Waals surface area contributed by atoms with E-state index in [1.54, 1.807) is 48.5 Å². The van der Waals surface area contributed by atoms with Gasteiger partial charge in [-0.05, 0) is 54.6 Å². The van der Waals surface area contributed by atoms with E-state index < -0.39 is 16.8 Å². The third-order valence-electron chi connectivity index (χ3n) is 3.94. The van der Waals surface area contributed by atoms with Crippen molar-refractivity contribution in [2.45, 2.75) is 6.18 Å². The molecule has 7 N–H and O–H groups in total. The highest BCUT2D eigenvalue weighted by Crippen LogP contribution is 2.36. The van der Waals surface area contributed by atoms with Crippen LogP contribution in [-0.2, 0) is 6.18 Å². The number of hydrogen-bond donors (Lipinski definition) is 4. The van der Waals surface area contributed by atoms with Gasteiger partial charge in [0.2, 0.25) is 0 Å². The molecular formula is C21H19Cl2F3N6O. The monoisotopic (exact) mass is 498 g/mol. The molecular weight excluding hydrogens is 480 g/mol. The Labute approximate surface area is 198 Å². The van der Waals surface area contributed by atoms with Crippen LogP contribution >= 0.6 is 24.0 Å². The third kappa shape index (κ3) is 7.48. The SMILES string of the molecule is Cl.NC(N)=Nc1cccc(Oc2ccc(N=C(N)Nc3ccc(Cl)c(C(F)(F)F)c3)cc2)c1. The molecule has 3 rings (SSSR count). The van der Waals surface area contributed by atoms with Gasteiger partial charge in [0.05, 0.1) is 22.0 Å². The number of nitrogens with one attached hydrogen (secondary N) is 1. The normalized spacial score (nSPS) is 11.3. The van der Waals surface area contributed by atoms with Crippen LogP contribution in [-0.4, -0.2) is 11.9 Å². The van der Waals surface area contributed by atoms with Crippen molar-refractivity contribution in [3.63, 3.8) is 0 Å². The second kappa shape index (κ2) is 10.8. The summed E-state index contributed by atoms with van der Waals surface area (Å²) in [5, 5.41) is 2.21. The molecule has 0 unspecified atom stereocenters. The van der Waals surface area contributed by atoms with Gasteiger partial charge in [0.15, 0.2) is 11.9 Å². The standard InChI is InChI=1S/C21H18ClF3N6O.ClH/c22-18-9-6-14(11-17(18)21(23,24)25)31-20(28)30-12-4-7-15(8-5-12)32-16-3-1-2-13(10-16)29-19(26)27;/h1-11H,(H4,26,27,29)(H3,28,30,31);1H. The maximum atomic E-state index is 13.0. The summed E-state index contributed by atoms with van der Waals surface area (Å²) >= 11 is 5.61. The molecule has 7 nitrogen and oxygen atoms in total. The lowest BCUT2D eigenvalue weighted by atomic mass is 10.2. The predicted octanol–water partition coefficient (Wildman–Crippen LogP) is 5.54. The van der Waals surface area contributed by atoms with Gasteiger partial charge in [0.25, 0.3) is 0 Å². The summed E-state index contributed by atoms with van der Waals surface area (Å²) in [5.74, 6) is 0.876. The first-order valence-corrected chi connectivity index (χ1v) is 9.43.